The second-order valence-electron chi connectivity index (χ2n) is 8.34. The van der Waals surface area contributed by atoms with Crippen LogP contribution in [0.25, 0.3) is 0 Å². The van der Waals surface area contributed by atoms with Crippen LogP contribution in [0, 0.1) is 0 Å². The van der Waals surface area contributed by atoms with Crippen LogP contribution >= 0.6 is 0 Å². The summed E-state index contributed by atoms with van der Waals surface area (Å²) in [5.41, 5.74) is 1.40. The van der Waals surface area contributed by atoms with Gasteiger partial charge < -0.3 is 15.0 Å². The molecule has 2 heterocycles. The molecule has 0 radical (unpaired) electrons. The standard InChI is InChI=1S/C21H30N4O3/c1-6-15-12-22-19(24(15)5)17-11-14-9-7-8-10-16(14)25(17)18(26)13-23-20(27)28-21(2,3)4/h7-10,15,17H,6,11-13H2,1-5H3,(H,23,27). The van der Waals surface area contributed by atoms with E-state index in [1.54, 1.807) is 25.7 Å². The van der Waals surface area contributed by atoms with Gasteiger partial charge in [-0.15, -0.1) is 0 Å². The number of ether oxygens (including phenoxy) is 1. The van der Waals surface area contributed by atoms with Gasteiger partial charge in [0.15, 0.2) is 0 Å². The van der Waals surface area contributed by atoms with Gasteiger partial charge in [0.2, 0.25) is 5.91 Å². The summed E-state index contributed by atoms with van der Waals surface area (Å²) in [5.74, 6) is 0.769. The van der Waals surface area contributed by atoms with Crippen LogP contribution < -0.4 is 10.2 Å². The largest absolute Gasteiger partial charge is 0.444 e. The fraction of sp³-hybridized carbons (Fsp3) is 0.571. The number of alkyl carbamates (subject to hydrolysis) is 1. The zero-order chi connectivity index (χ0) is 20.5. The summed E-state index contributed by atoms with van der Waals surface area (Å²) < 4.78 is 5.24. The van der Waals surface area contributed by atoms with Gasteiger partial charge in [0.1, 0.15) is 18.0 Å². The van der Waals surface area contributed by atoms with E-state index in [0.29, 0.717) is 6.04 Å². The molecule has 2 aliphatic heterocycles. The van der Waals surface area contributed by atoms with E-state index in [9.17, 15) is 9.59 Å². The molecule has 1 aromatic rings. The number of hydrogen-bond acceptors (Lipinski definition) is 5. The van der Waals surface area contributed by atoms with Gasteiger partial charge in [-0.1, -0.05) is 25.1 Å². The Hall–Kier alpha value is -2.57. The van der Waals surface area contributed by atoms with Crippen LogP contribution in [-0.2, 0) is 16.0 Å². The van der Waals surface area contributed by atoms with Crippen molar-refractivity contribution in [2.75, 3.05) is 25.0 Å². The van der Waals surface area contributed by atoms with Crippen molar-refractivity contribution in [1.29, 1.82) is 0 Å². The first-order valence-electron chi connectivity index (χ1n) is 9.85. The number of anilines is 1. The Kier molecular flexibility index (Phi) is 5.63. The molecule has 152 valence electrons. The molecule has 1 N–H and O–H groups in total. The number of nitrogens with one attached hydrogen (secondary N) is 1. The van der Waals surface area contributed by atoms with Crippen molar-refractivity contribution >= 4 is 23.5 Å². The Balaban J connectivity index is 1.77. The average molecular weight is 386 g/mol. The van der Waals surface area contributed by atoms with Crippen LogP contribution in [0.15, 0.2) is 29.3 Å². The minimum atomic E-state index is -0.605. The quantitative estimate of drug-likeness (QED) is 0.863. The van der Waals surface area contributed by atoms with Gasteiger partial charge in [0, 0.05) is 25.2 Å². The third-order valence-electron chi connectivity index (χ3n) is 5.17. The second-order valence-corrected chi connectivity index (χ2v) is 8.34. The number of benzene rings is 1. The summed E-state index contributed by atoms with van der Waals surface area (Å²) in [6.07, 6.45) is 1.15. The van der Waals surface area contributed by atoms with Gasteiger partial charge >= 0.3 is 6.09 Å². The van der Waals surface area contributed by atoms with Crippen molar-refractivity contribution in [2.45, 2.75) is 58.2 Å². The predicted octanol–water partition coefficient (Wildman–Crippen LogP) is 2.59. The molecule has 0 saturated heterocycles. The van der Waals surface area contributed by atoms with Crippen LogP contribution in [0.1, 0.15) is 39.7 Å². The molecular weight excluding hydrogens is 356 g/mol. The fourth-order valence-corrected chi connectivity index (χ4v) is 3.81. The molecule has 3 rings (SSSR count). The van der Waals surface area contributed by atoms with Crippen LogP contribution in [0.4, 0.5) is 10.5 Å². The molecule has 2 unspecified atom stereocenters. The SMILES string of the molecule is CCC1CN=C(C2Cc3ccccc3N2C(=O)CNC(=O)OC(C)(C)C)N1C. The number of amidine groups is 1. The number of hydrogen-bond donors (Lipinski definition) is 1. The molecule has 28 heavy (non-hydrogen) atoms. The maximum atomic E-state index is 13.1. The predicted molar refractivity (Wildman–Crippen MR) is 110 cm³/mol. The van der Waals surface area contributed by atoms with Gasteiger partial charge in [-0.2, -0.15) is 0 Å². The lowest BCUT2D eigenvalue weighted by Gasteiger charge is -2.31. The third kappa shape index (κ3) is 4.13. The number of para-hydroxylation sites is 1. The topological polar surface area (TPSA) is 74.2 Å². The number of rotatable bonds is 4. The Bertz CT molecular complexity index is 784. The van der Waals surface area contributed by atoms with E-state index in [0.717, 1.165) is 36.5 Å². The molecule has 7 nitrogen and oxygen atoms in total. The highest BCUT2D eigenvalue weighted by Gasteiger charge is 2.40. The Morgan fingerprint density at radius 3 is 2.64 bits per heavy atom. The van der Waals surface area contributed by atoms with Crippen LogP contribution in [0.3, 0.4) is 0 Å². The number of nitrogens with zero attached hydrogens (tertiary/aromatic N) is 3. The molecule has 0 aliphatic carbocycles. The van der Waals surface area contributed by atoms with Crippen molar-refractivity contribution < 1.29 is 14.3 Å². The van der Waals surface area contributed by atoms with E-state index in [-0.39, 0.29) is 18.5 Å². The Morgan fingerprint density at radius 1 is 1.29 bits per heavy atom. The molecular formula is C21H30N4O3. The van der Waals surface area contributed by atoms with Gasteiger partial charge in [-0.3, -0.25) is 14.7 Å². The highest BCUT2D eigenvalue weighted by atomic mass is 16.6. The van der Waals surface area contributed by atoms with E-state index < -0.39 is 11.7 Å². The number of likely N-dealkylation sites (N-methyl/N-ethyl adjacent to an activating group) is 1. The van der Waals surface area contributed by atoms with E-state index >= 15 is 0 Å². The summed E-state index contributed by atoms with van der Waals surface area (Å²) >= 11 is 0. The van der Waals surface area contributed by atoms with Gasteiger partial charge in [0.05, 0.1) is 12.6 Å². The fourth-order valence-electron chi connectivity index (χ4n) is 3.81. The number of carbonyl (C=O) groups excluding carboxylic acids is 2. The molecule has 2 atom stereocenters. The smallest absolute Gasteiger partial charge is 0.408 e. The van der Waals surface area contributed by atoms with Crippen molar-refractivity contribution in [3.05, 3.63) is 29.8 Å². The lowest BCUT2D eigenvalue weighted by molar-refractivity contribution is -0.118. The van der Waals surface area contributed by atoms with Gasteiger partial charge in [-0.05, 0) is 38.8 Å². The molecule has 7 heteroatoms. The first-order valence-corrected chi connectivity index (χ1v) is 9.85. The van der Waals surface area contributed by atoms with E-state index in [1.807, 2.05) is 31.3 Å². The zero-order valence-corrected chi connectivity index (χ0v) is 17.4. The van der Waals surface area contributed by atoms with Crippen LogP contribution in [-0.4, -0.2) is 60.6 Å². The summed E-state index contributed by atoms with van der Waals surface area (Å²) in [7, 11) is 2.05. The first kappa shape index (κ1) is 20.2. The maximum absolute atomic E-state index is 13.1. The van der Waals surface area contributed by atoms with Crippen molar-refractivity contribution in [3.63, 3.8) is 0 Å². The Morgan fingerprint density at radius 2 is 2.00 bits per heavy atom. The second kappa shape index (κ2) is 7.81. The van der Waals surface area contributed by atoms with Gasteiger partial charge in [-0.25, -0.2) is 4.79 Å². The minimum absolute atomic E-state index is 0.117. The van der Waals surface area contributed by atoms with E-state index in [2.05, 4.69) is 17.1 Å². The summed E-state index contributed by atoms with van der Waals surface area (Å²) in [5, 5.41) is 2.58. The summed E-state index contributed by atoms with van der Waals surface area (Å²) in [6, 6.07) is 8.13. The number of aliphatic imine (C=N–C) groups is 1. The zero-order valence-electron chi connectivity index (χ0n) is 17.4. The van der Waals surface area contributed by atoms with E-state index in [4.69, 9.17) is 9.73 Å². The van der Waals surface area contributed by atoms with Crippen molar-refractivity contribution in [1.82, 2.24) is 10.2 Å². The third-order valence-corrected chi connectivity index (χ3v) is 5.17. The molecule has 0 spiro atoms. The lowest BCUT2D eigenvalue weighted by atomic mass is 10.1. The maximum Gasteiger partial charge on any atom is 0.408 e. The minimum Gasteiger partial charge on any atom is -0.444 e. The summed E-state index contributed by atoms with van der Waals surface area (Å²) in [6.45, 7) is 8.16. The average Bonchev–Trinajstić information content (AvgIpc) is 3.18. The Labute approximate surface area is 166 Å². The summed E-state index contributed by atoms with van der Waals surface area (Å²) in [4.78, 5) is 33.8. The van der Waals surface area contributed by atoms with Crippen molar-refractivity contribution in [3.8, 4) is 0 Å². The van der Waals surface area contributed by atoms with Crippen LogP contribution in [0.5, 0.6) is 0 Å². The normalized spacial score (nSPS) is 21.4. The van der Waals surface area contributed by atoms with E-state index in [1.165, 1.54) is 0 Å². The molecule has 2 aliphatic rings. The lowest BCUT2D eigenvalue weighted by Crippen LogP contribution is -2.51. The molecule has 1 aromatic carbocycles. The van der Waals surface area contributed by atoms with Gasteiger partial charge in [0.25, 0.3) is 0 Å². The van der Waals surface area contributed by atoms with Crippen LogP contribution in [0.2, 0.25) is 0 Å². The number of carbonyl (C=O) groups is 2. The highest BCUT2D eigenvalue weighted by molar-refractivity contribution is 6.06. The molecule has 0 fully saturated rings. The monoisotopic (exact) mass is 386 g/mol. The first-order chi connectivity index (χ1) is 13.2. The number of amides is 2. The highest BCUT2D eigenvalue weighted by Crippen LogP contribution is 2.34. The molecule has 0 saturated carbocycles. The molecule has 0 aromatic heterocycles. The number of fused-ring (bicyclic) bond motifs is 1. The van der Waals surface area contributed by atoms with Crippen molar-refractivity contribution in [2.24, 2.45) is 4.99 Å². The molecule has 2 amide bonds. The molecule has 0 bridgehead atoms.